The lowest BCUT2D eigenvalue weighted by molar-refractivity contribution is -0.218. The molecule has 1 aliphatic heterocycles. The van der Waals surface area contributed by atoms with Gasteiger partial charge in [0.15, 0.2) is 5.78 Å². The zero-order valence-electron chi connectivity index (χ0n) is 23.4. The summed E-state index contributed by atoms with van der Waals surface area (Å²) in [5.41, 5.74) is 6.67. The molecule has 7 unspecified atom stereocenters. The van der Waals surface area contributed by atoms with Crippen LogP contribution < -0.4 is 5.73 Å². The van der Waals surface area contributed by atoms with Crippen molar-refractivity contribution in [3.05, 3.63) is 11.6 Å². The summed E-state index contributed by atoms with van der Waals surface area (Å²) in [7, 11) is 0. The standard InChI is InChI=1S/C30H45NO8/c1-4-17(31)12-38-27-20-13-37-14-30(11-24(27)39-29(35)36)21(20)8-7-18-19-6-5-16(9-15(2)3)25(28(33)34)26(19)23(32)10-22(18)30/h10,15-21,24-27H,4-9,11-14,31H2,1-3H3,(H,33,34)(H,35,36)/t16?,17?,18?,19?,20?,21?,24-,25-,26?,27-,30-/m1/s1. The second kappa shape index (κ2) is 11.1. The van der Waals surface area contributed by atoms with E-state index in [2.05, 4.69) is 13.8 Å². The van der Waals surface area contributed by atoms with Crippen molar-refractivity contribution in [2.75, 3.05) is 19.8 Å². The van der Waals surface area contributed by atoms with Crippen molar-refractivity contribution in [3.8, 4) is 0 Å². The number of carbonyl (C=O) groups excluding carboxylic acids is 1. The first-order chi connectivity index (χ1) is 18.6. The van der Waals surface area contributed by atoms with Gasteiger partial charge >= 0.3 is 12.1 Å². The summed E-state index contributed by atoms with van der Waals surface area (Å²) < 4.78 is 17.9. The number of rotatable bonds is 8. The molecule has 0 amide bonds. The van der Waals surface area contributed by atoms with Crippen LogP contribution in [-0.2, 0) is 23.8 Å². The van der Waals surface area contributed by atoms with Crippen LogP contribution in [-0.4, -0.2) is 66.2 Å². The fraction of sp³-hybridized carbons (Fsp3) is 0.833. The first-order valence-corrected chi connectivity index (χ1v) is 14.9. The summed E-state index contributed by atoms with van der Waals surface area (Å²) in [5.74, 6) is -1.49. The number of ketones is 1. The van der Waals surface area contributed by atoms with Gasteiger partial charge in [0.1, 0.15) is 6.10 Å². The zero-order chi connectivity index (χ0) is 28.1. The molecule has 5 aliphatic rings. The van der Waals surface area contributed by atoms with E-state index >= 15 is 0 Å². The van der Waals surface area contributed by atoms with Crippen LogP contribution in [0.1, 0.15) is 65.7 Å². The molecule has 4 fully saturated rings. The van der Waals surface area contributed by atoms with Crippen LogP contribution in [0.5, 0.6) is 0 Å². The van der Waals surface area contributed by atoms with Gasteiger partial charge in [0.25, 0.3) is 0 Å². The fourth-order valence-corrected chi connectivity index (χ4v) is 9.24. The summed E-state index contributed by atoms with van der Waals surface area (Å²) in [6.45, 7) is 7.39. The van der Waals surface area contributed by atoms with E-state index in [0.717, 1.165) is 44.1 Å². The van der Waals surface area contributed by atoms with Crippen molar-refractivity contribution in [1.82, 2.24) is 0 Å². The third-order valence-electron chi connectivity index (χ3n) is 10.7. The minimum atomic E-state index is -1.34. The summed E-state index contributed by atoms with van der Waals surface area (Å²) in [6, 6.07) is -0.147. The van der Waals surface area contributed by atoms with Crippen LogP contribution in [0.2, 0.25) is 0 Å². The minimum Gasteiger partial charge on any atom is -0.481 e. The number of fused-ring (bicyclic) bond motifs is 3. The van der Waals surface area contributed by atoms with Gasteiger partial charge in [-0.15, -0.1) is 0 Å². The SMILES string of the molecule is CCC(N)CO[C@@H]1C2COC[C@@]3(C[C@H]1OC(=O)O)C1=CC(=O)C4C(CCC(CC(C)C)[C@H]4C(=O)O)C1CCC23. The van der Waals surface area contributed by atoms with E-state index in [-0.39, 0.29) is 41.4 Å². The van der Waals surface area contributed by atoms with E-state index in [0.29, 0.717) is 32.2 Å². The van der Waals surface area contributed by atoms with Crippen molar-refractivity contribution in [3.63, 3.8) is 0 Å². The predicted octanol–water partition coefficient (Wildman–Crippen LogP) is 4.13. The maximum atomic E-state index is 13.9. The van der Waals surface area contributed by atoms with Crippen molar-refractivity contribution in [2.45, 2.75) is 84.0 Å². The van der Waals surface area contributed by atoms with Crippen molar-refractivity contribution >= 4 is 17.9 Å². The summed E-state index contributed by atoms with van der Waals surface area (Å²) in [5, 5.41) is 19.9. The molecular formula is C30H45NO8. The van der Waals surface area contributed by atoms with Gasteiger partial charge in [0.05, 0.1) is 31.8 Å². The number of carbonyl (C=O) groups is 3. The maximum Gasteiger partial charge on any atom is 0.506 e. The highest BCUT2D eigenvalue weighted by Gasteiger charge is 2.64. The highest BCUT2D eigenvalue weighted by molar-refractivity contribution is 5.97. The van der Waals surface area contributed by atoms with Crippen LogP contribution in [0.4, 0.5) is 4.79 Å². The van der Waals surface area contributed by atoms with Crippen LogP contribution in [0.3, 0.4) is 0 Å². The molecule has 11 atom stereocenters. The number of carboxylic acids is 1. The first-order valence-electron chi connectivity index (χ1n) is 14.9. The quantitative estimate of drug-likeness (QED) is 0.382. The Morgan fingerprint density at radius 2 is 1.95 bits per heavy atom. The molecule has 3 saturated carbocycles. The Labute approximate surface area is 230 Å². The van der Waals surface area contributed by atoms with Gasteiger partial charge in [-0.25, -0.2) is 4.79 Å². The van der Waals surface area contributed by atoms with Crippen molar-refractivity contribution in [1.29, 1.82) is 0 Å². The topological polar surface area (TPSA) is 145 Å². The summed E-state index contributed by atoms with van der Waals surface area (Å²) in [6.07, 6.45) is 4.73. The van der Waals surface area contributed by atoms with Gasteiger partial charge in [-0.05, 0) is 80.6 Å². The number of hydrogen-bond acceptors (Lipinski definition) is 7. The normalized spacial score (nSPS) is 42.0. The molecule has 1 saturated heterocycles. The van der Waals surface area contributed by atoms with Crippen molar-refractivity contribution < 1.29 is 38.8 Å². The number of aliphatic carboxylic acids is 1. The number of hydrogen-bond donors (Lipinski definition) is 3. The molecule has 2 bridgehead atoms. The molecule has 5 rings (SSSR count). The molecule has 0 spiro atoms. The number of nitrogens with two attached hydrogens (primary N) is 1. The Bertz CT molecular complexity index is 995. The molecular weight excluding hydrogens is 502 g/mol. The van der Waals surface area contributed by atoms with Crippen LogP contribution >= 0.6 is 0 Å². The lowest BCUT2D eigenvalue weighted by Gasteiger charge is -2.62. The smallest absolute Gasteiger partial charge is 0.481 e. The Balaban J connectivity index is 1.49. The Morgan fingerprint density at radius 3 is 2.62 bits per heavy atom. The fourth-order valence-electron chi connectivity index (χ4n) is 9.24. The predicted molar refractivity (Wildman–Crippen MR) is 142 cm³/mol. The first kappa shape index (κ1) is 28.6. The highest BCUT2D eigenvalue weighted by Crippen LogP contribution is 2.64. The van der Waals surface area contributed by atoms with Gasteiger partial charge in [0, 0.05) is 23.3 Å². The van der Waals surface area contributed by atoms with Gasteiger partial charge in [-0.3, -0.25) is 9.59 Å². The monoisotopic (exact) mass is 547 g/mol. The van der Waals surface area contributed by atoms with Gasteiger partial charge in [-0.1, -0.05) is 26.3 Å². The van der Waals surface area contributed by atoms with Crippen LogP contribution in [0, 0.1) is 52.8 Å². The highest BCUT2D eigenvalue weighted by atomic mass is 16.7. The molecule has 1 heterocycles. The average molecular weight is 548 g/mol. The Hall–Kier alpha value is -1.97. The molecule has 0 radical (unpaired) electrons. The molecule has 0 aromatic rings. The van der Waals surface area contributed by atoms with Crippen LogP contribution in [0.25, 0.3) is 0 Å². The second-order valence-electron chi connectivity index (χ2n) is 13.2. The molecule has 4 aliphatic carbocycles. The Kier molecular flexibility index (Phi) is 8.15. The number of carboxylic acid groups (broad SMARTS) is 2. The Morgan fingerprint density at radius 1 is 1.18 bits per heavy atom. The van der Waals surface area contributed by atoms with Gasteiger partial charge < -0.3 is 30.2 Å². The largest absolute Gasteiger partial charge is 0.506 e. The third kappa shape index (κ3) is 5.04. The summed E-state index contributed by atoms with van der Waals surface area (Å²) in [4.78, 5) is 38.1. The van der Waals surface area contributed by atoms with Gasteiger partial charge in [0.2, 0.25) is 0 Å². The molecule has 4 N–H and O–H groups in total. The van der Waals surface area contributed by atoms with E-state index in [1.807, 2.05) is 6.92 Å². The zero-order valence-corrected chi connectivity index (χ0v) is 23.4. The van der Waals surface area contributed by atoms with Crippen molar-refractivity contribution in [2.24, 2.45) is 58.5 Å². The number of ether oxygens (including phenoxy) is 3. The molecule has 9 heteroatoms. The third-order valence-corrected chi connectivity index (χ3v) is 10.7. The molecule has 218 valence electrons. The van der Waals surface area contributed by atoms with Crippen LogP contribution in [0.15, 0.2) is 11.6 Å². The van der Waals surface area contributed by atoms with E-state index in [1.54, 1.807) is 6.08 Å². The average Bonchev–Trinajstić information content (AvgIpc) is 2.87. The van der Waals surface area contributed by atoms with E-state index in [1.165, 1.54) is 0 Å². The molecule has 39 heavy (non-hydrogen) atoms. The van der Waals surface area contributed by atoms with E-state index in [9.17, 15) is 24.6 Å². The second-order valence-corrected chi connectivity index (χ2v) is 13.2. The minimum absolute atomic E-state index is 0.00641. The molecule has 9 nitrogen and oxygen atoms in total. The molecule has 0 aromatic heterocycles. The molecule has 0 aromatic carbocycles. The van der Waals surface area contributed by atoms with E-state index < -0.39 is 41.6 Å². The lowest BCUT2D eigenvalue weighted by Crippen LogP contribution is -2.64. The van der Waals surface area contributed by atoms with E-state index in [4.69, 9.17) is 19.9 Å². The van der Waals surface area contributed by atoms with Gasteiger partial charge in [-0.2, -0.15) is 0 Å². The maximum absolute atomic E-state index is 13.9. The summed E-state index contributed by atoms with van der Waals surface area (Å²) >= 11 is 0. The lowest BCUT2D eigenvalue weighted by atomic mass is 9.45. The number of allylic oxidation sites excluding steroid dienone is 1.